The number of rotatable bonds is 2. The van der Waals surface area contributed by atoms with E-state index in [1.165, 1.54) is 0 Å². The van der Waals surface area contributed by atoms with Crippen LogP contribution in [-0.2, 0) is 0 Å². The molecule has 0 heterocycles. The highest BCUT2D eigenvalue weighted by atomic mass is 35.5. The standard InChI is InChI=1S/C13H15Cl3N2.ClH/c1-8(14)12(18-13(2,3)4)17-11-9(15)6-5-7-10(11)16;/h5-7H,1H2,2-4H3,(H,17,18);1H. The number of nitrogens with zero attached hydrogens (tertiary/aromatic N) is 1. The van der Waals surface area contributed by atoms with Crippen molar-refractivity contribution in [1.82, 2.24) is 0 Å². The zero-order valence-corrected chi connectivity index (χ0v) is 14.0. The van der Waals surface area contributed by atoms with Gasteiger partial charge in [-0.05, 0) is 32.9 Å². The summed E-state index contributed by atoms with van der Waals surface area (Å²) in [4.78, 5) is 4.44. The molecule has 2 nitrogen and oxygen atoms in total. The van der Waals surface area contributed by atoms with Crippen LogP contribution in [0, 0.1) is 0 Å². The zero-order chi connectivity index (χ0) is 13.9. The molecule has 6 heteroatoms. The second kappa shape index (κ2) is 7.39. The van der Waals surface area contributed by atoms with E-state index in [1.807, 2.05) is 20.8 Å². The molecule has 1 rings (SSSR count). The van der Waals surface area contributed by atoms with Crippen molar-refractivity contribution in [2.45, 2.75) is 26.3 Å². The van der Waals surface area contributed by atoms with Crippen molar-refractivity contribution in [2.24, 2.45) is 4.99 Å². The molecule has 0 aromatic heterocycles. The fraction of sp³-hybridized carbons (Fsp3) is 0.308. The quantitative estimate of drug-likeness (QED) is 0.535. The van der Waals surface area contributed by atoms with Gasteiger partial charge in [0.2, 0.25) is 0 Å². The maximum Gasteiger partial charge on any atom is 0.144 e. The van der Waals surface area contributed by atoms with Crippen LogP contribution in [0.1, 0.15) is 20.8 Å². The van der Waals surface area contributed by atoms with Crippen molar-refractivity contribution in [3.63, 3.8) is 0 Å². The molecular weight excluding hydrogens is 326 g/mol. The Kier molecular flexibility index (Phi) is 7.23. The highest BCUT2D eigenvalue weighted by Gasteiger charge is 2.14. The summed E-state index contributed by atoms with van der Waals surface area (Å²) in [5.74, 6) is 0.458. The summed E-state index contributed by atoms with van der Waals surface area (Å²) in [6.45, 7) is 9.56. The maximum atomic E-state index is 6.07. The highest BCUT2D eigenvalue weighted by Crippen LogP contribution is 2.30. The van der Waals surface area contributed by atoms with Gasteiger partial charge in [0.1, 0.15) is 5.84 Å². The fourth-order valence-electron chi connectivity index (χ4n) is 1.23. The van der Waals surface area contributed by atoms with Crippen molar-refractivity contribution in [2.75, 3.05) is 5.32 Å². The van der Waals surface area contributed by atoms with E-state index in [0.29, 0.717) is 26.6 Å². The second-order valence-electron chi connectivity index (χ2n) is 4.76. The van der Waals surface area contributed by atoms with E-state index in [4.69, 9.17) is 34.8 Å². The smallest absolute Gasteiger partial charge is 0.144 e. The molecule has 0 bridgehead atoms. The van der Waals surface area contributed by atoms with Crippen LogP contribution in [0.15, 0.2) is 34.8 Å². The molecule has 1 aromatic carbocycles. The van der Waals surface area contributed by atoms with E-state index in [-0.39, 0.29) is 17.9 Å². The number of para-hydroxylation sites is 1. The molecule has 0 radical (unpaired) electrons. The first-order chi connectivity index (χ1) is 8.20. The molecular formula is C13H16Cl4N2. The molecule has 1 N–H and O–H groups in total. The normalized spacial score (nSPS) is 11.8. The van der Waals surface area contributed by atoms with Gasteiger partial charge < -0.3 is 5.32 Å². The molecule has 106 valence electrons. The lowest BCUT2D eigenvalue weighted by Gasteiger charge is -2.18. The average molecular weight is 342 g/mol. The van der Waals surface area contributed by atoms with Gasteiger partial charge in [0.15, 0.2) is 0 Å². The molecule has 0 atom stereocenters. The first kappa shape index (κ1) is 18.6. The predicted octanol–water partition coefficient (Wildman–Crippen LogP) is 5.78. The molecule has 0 saturated heterocycles. The van der Waals surface area contributed by atoms with Crippen LogP contribution in [0.4, 0.5) is 5.69 Å². The third-order valence-corrected chi connectivity index (χ3v) is 2.72. The molecule has 0 saturated carbocycles. The molecule has 0 aliphatic heterocycles. The van der Waals surface area contributed by atoms with Crippen LogP contribution >= 0.6 is 47.2 Å². The first-order valence-corrected chi connectivity index (χ1v) is 6.50. The largest absolute Gasteiger partial charge is 0.337 e. The summed E-state index contributed by atoms with van der Waals surface area (Å²) in [5, 5.41) is 4.34. The number of amidine groups is 1. The van der Waals surface area contributed by atoms with Crippen molar-refractivity contribution in [3.8, 4) is 0 Å². The average Bonchev–Trinajstić information content (AvgIpc) is 2.20. The van der Waals surface area contributed by atoms with Gasteiger partial charge in [-0.25, -0.2) is 0 Å². The van der Waals surface area contributed by atoms with E-state index < -0.39 is 0 Å². The maximum absolute atomic E-state index is 6.07. The fourth-order valence-corrected chi connectivity index (χ4v) is 1.81. The van der Waals surface area contributed by atoms with Gasteiger partial charge in [-0.3, -0.25) is 4.99 Å². The third kappa shape index (κ3) is 6.05. The molecule has 0 aliphatic rings. The van der Waals surface area contributed by atoms with Crippen LogP contribution in [0.5, 0.6) is 0 Å². The number of aliphatic imine (C=N–C) groups is 1. The van der Waals surface area contributed by atoms with Crippen molar-refractivity contribution in [1.29, 1.82) is 0 Å². The van der Waals surface area contributed by atoms with E-state index >= 15 is 0 Å². The van der Waals surface area contributed by atoms with Crippen molar-refractivity contribution in [3.05, 3.63) is 39.9 Å². The number of anilines is 1. The van der Waals surface area contributed by atoms with Crippen LogP contribution in [0.2, 0.25) is 10.0 Å². The lowest BCUT2D eigenvalue weighted by molar-refractivity contribution is 0.584. The number of benzene rings is 1. The SMILES string of the molecule is C=C(Cl)C(=NC(C)(C)C)Nc1c(Cl)cccc1Cl.Cl. The molecule has 0 spiro atoms. The molecule has 0 amide bonds. The van der Waals surface area contributed by atoms with Gasteiger partial charge >= 0.3 is 0 Å². The summed E-state index contributed by atoms with van der Waals surface area (Å²) in [6.07, 6.45) is 0. The van der Waals surface area contributed by atoms with Crippen LogP contribution in [0.3, 0.4) is 0 Å². The Morgan fingerprint density at radius 2 is 1.68 bits per heavy atom. The minimum atomic E-state index is -0.284. The van der Waals surface area contributed by atoms with E-state index in [9.17, 15) is 0 Å². The number of hydrogen-bond donors (Lipinski definition) is 1. The Morgan fingerprint density at radius 1 is 1.21 bits per heavy atom. The van der Waals surface area contributed by atoms with Gasteiger partial charge in [-0.2, -0.15) is 0 Å². The first-order valence-electron chi connectivity index (χ1n) is 5.36. The molecule has 0 fully saturated rings. The van der Waals surface area contributed by atoms with E-state index in [1.54, 1.807) is 18.2 Å². The Hall–Kier alpha value is -0.410. The zero-order valence-electron chi connectivity index (χ0n) is 10.9. The Morgan fingerprint density at radius 3 is 2.05 bits per heavy atom. The summed E-state index contributed by atoms with van der Waals surface area (Å²) in [5.41, 5.74) is 0.291. The Bertz CT molecular complexity index is 470. The lowest BCUT2D eigenvalue weighted by Crippen LogP contribution is -2.20. The van der Waals surface area contributed by atoms with Crippen molar-refractivity contribution >= 4 is 58.7 Å². The van der Waals surface area contributed by atoms with Gasteiger partial charge in [0.05, 0.1) is 26.3 Å². The molecule has 19 heavy (non-hydrogen) atoms. The number of nitrogens with one attached hydrogen (secondary N) is 1. The molecule has 0 aliphatic carbocycles. The lowest BCUT2D eigenvalue weighted by atomic mass is 10.1. The van der Waals surface area contributed by atoms with E-state index in [0.717, 1.165) is 0 Å². The van der Waals surface area contributed by atoms with E-state index in [2.05, 4.69) is 16.9 Å². The minimum absolute atomic E-state index is 0. The monoisotopic (exact) mass is 340 g/mol. The Balaban J connectivity index is 0.00000324. The minimum Gasteiger partial charge on any atom is -0.337 e. The van der Waals surface area contributed by atoms with Crippen LogP contribution < -0.4 is 5.32 Å². The van der Waals surface area contributed by atoms with Crippen molar-refractivity contribution < 1.29 is 0 Å². The number of halogens is 4. The summed E-state index contributed by atoms with van der Waals surface area (Å²) in [6, 6.07) is 5.24. The predicted molar refractivity (Wildman–Crippen MR) is 89.5 cm³/mol. The third-order valence-electron chi connectivity index (χ3n) is 1.91. The van der Waals surface area contributed by atoms with Gasteiger partial charge in [-0.1, -0.05) is 47.4 Å². The second-order valence-corrected chi connectivity index (χ2v) is 6.03. The summed E-state index contributed by atoms with van der Waals surface area (Å²) in [7, 11) is 0. The van der Waals surface area contributed by atoms with Crippen LogP contribution in [0.25, 0.3) is 0 Å². The van der Waals surface area contributed by atoms with Gasteiger partial charge in [0.25, 0.3) is 0 Å². The van der Waals surface area contributed by atoms with Crippen LogP contribution in [-0.4, -0.2) is 11.4 Å². The van der Waals surface area contributed by atoms with Gasteiger partial charge in [-0.15, -0.1) is 12.4 Å². The van der Waals surface area contributed by atoms with Gasteiger partial charge in [0, 0.05) is 0 Å². The number of hydrogen-bond acceptors (Lipinski definition) is 1. The summed E-state index contributed by atoms with van der Waals surface area (Å²) >= 11 is 18.1. The molecule has 1 aromatic rings. The molecule has 0 unspecified atom stereocenters. The Labute approximate surface area is 135 Å². The topological polar surface area (TPSA) is 24.4 Å². The summed E-state index contributed by atoms with van der Waals surface area (Å²) < 4.78 is 0. The highest BCUT2D eigenvalue weighted by molar-refractivity contribution is 6.46.